The summed E-state index contributed by atoms with van der Waals surface area (Å²) in [5.41, 5.74) is 0.311. The van der Waals surface area contributed by atoms with E-state index in [1.807, 2.05) is 6.07 Å². The lowest BCUT2D eigenvalue weighted by Gasteiger charge is -2.14. The summed E-state index contributed by atoms with van der Waals surface area (Å²) in [6, 6.07) is 9.05. The van der Waals surface area contributed by atoms with E-state index in [1.165, 1.54) is 12.3 Å². The number of hydrogen-bond acceptors (Lipinski definition) is 2. The molecule has 0 aliphatic rings. The Bertz CT molecular complexity index is 670. The van der Waals surface area contributed by atoms with Gasteiger partial charge in [-0.05, 0) is 30.2 Å². The summed E-state index contributed by atoms with van der Waals surface area (Å²) in [4.78, 5) is 4.02. The van der Waals surface area contributed by atoms with Crippen molar-refractivity contribution >= 4 is 0 Å². The van der Waals surface area contributed by atoms with E-state index in [0.717, 1.165) is 6.07 Å². The van der Waals surface area contributed by atoms with Crippen molar-refractivity contribution in [1.82, 2.24) is 4.98 Å². The highest BCUT2D eigenvalue weighted by Crippen LogP contribution is 2.37. The monoisotopic (exact) mass is 276 g/mol. The second kappa shape index (κ2) is 5.33. The molecule has 0 bridgehead atoms. The number of nitrogens with zero attached hydrogens (tertiary/aromatic N) is 2. The van der Waals surface area contributed by atoms with Crippen molar-refractivity contribution in [1.29, 1.82) is 5.26 Å². The van der Waals surface area contributed by atoms with Crippen LogP contribution in [0.5, 0.6) is 0 Å². The fraction of sp³-hybridized carbons (Fsp3) is 0.200. The van der Waals surface area contributed by atoms with Gasteiger partial charge in [-0.1, -0.05) is 19.1 Å². The number of nitriles is 1. The van der Waals surface area contributed by atoms with E-state index in [0.29, 0.717) is 23.2 Å². The number of halogens is 3. The number of aryl methyl sites for hydroxylation is 1. The molecule has 0 radical (unpaired) electrons. The molecule has 0 amide bonds. The molecule has 0 aliphatic carbocycles. The molecule has 1 aromatic heterocycles. The van der Waals surface area contributed by atoms with Gasteiger partial charge in [0.2, 0.25) is 0 Å². The van der Waals surface area contributed by atoms with E-state index in [2.05, 4.69) is 4.98 Å². The molecule has 20 heavy (non-hydrogen) atoms. The molecule has 1 aromatic carbocycles. The van der Waals surface area contributed by atoms with Crippen molar-refractivity contribution in [2.45, 2.75) is 19.5 Å². The lowest BCUT2D eigenvalue weighted by Crippen LogP contribution is -2.09. The Morgan fingerprint density at radius 1 is 1.25 bits per heavy atom. The Hall–Kier alpha value is -2.35. The lowest BCUT2D eigenvalue weighted by atomic mass is 9.99. The minimum absolute atomic E-state index is 0.00759. The largest absolute Gasteiger partial charge is 0.417 e. The molecular weight excluding hydrogens is 265 g/mol. The Kier molecular flexibility index (Phi) is 3.75. The van der Waals surface area contributed by atoms with Crippen LogP contribution < -0.4 is 0 Å². The molecule has 2 nitrogen and oxygen atoms in total. The minimum Gasteiger partial charge on any atom is -0.261 e. The average Bonchev–Trinajstić information content (AvgIpc) is 2.45. The van der Waals surface area contributed by atoms with Gasteiger partial charge in [-0.25, -0.2) is 0 Å². The topological polar surface area (TPSA) is 36.7 Å². The number of alkyl halides is 3. The van der Waals surface area contributed by atoms with Crippen LogP contribution >= 0.6 is 0 Å². The van der Waals surface area contributed by atoms with Crippen LogP contribution in [-0.2, 0) is 12.6 Å². The van der Waals surface area contributed by atoms with E-state index in [4.69, 9.17) is 5.26 Å². The van der Waals surface area contributed by atoms with Crippen LogP contribution in [0, 0.1) is 11.3 Å². The van der Waals surface area contributed by atoms with Crippen molar-refractivity contribution in [3.05, 3.63) is 53.3 Å². The Labute approximate surface area is 114 Å². The molecular formula is C15H11F3N2. The Morgan fingerprint density at radius 2 is 2.00 bits per heavy atom. The third kappa shape index (κ3) is 2.80. The van der Waals surface area contributed by atoms with Crippen LogP contribution in [0.25, 0.3) is 11.1 Å². The van der Waals surface area contributed by atoms with Crippen molar-refractivity contribution in [3.63, 3.8) is 0 Å². The van der Waals surface area contributed by atoms with Gasteiger partial charge in [0.25, 0.3) is 0 Å². The first kappa shape index (κ1) is 14.1. The van der Waals surface area contributed by atoms with Gasteiger partial charge in [-0.15, -0.1) is 0 Å². The standard InChI is InChI=1S/C15H11F3N2/c1-2-12-7-14(15(16,17)18)13(9-20-12)11-5-3-4-10(6-11)8-19/h3-7,9H,2H2,1H3. The number of rotatable bonds is 2. The van der Waals surface area contributed by atoms with Gasteiger partial charge in [0.15, 0.2) is 0 Å². The van der Waals surface area contributed by atoms with Crippen molar-refractivity contribution in [2.75, 3.05) is 0 Å². The summed E-state index contributed by atoms with van der Waals surface area (Å²) in [5, 5.41) is 8.83. The first-order valence-electron chi connectivity index (χ1n) is 6.02. The fourth-order valence-corrected chi connectivity index (χ4v) is 1.91. The van der Waals surface area contributed by atoms with Crippen molar-refractivity contribution < 1.29 is 13.2 Å². The average molecular weight is 276 g/mol. The van der Waals surface area contributed by atoms with E-state index in [9.17, 15) is 13.2 Å². The van der Waals surface area contributed by atoms with Gasteiger partial charge in [0, 0.05) is 17.5 Å². The smallest absolute Gasteiger partial charge is 0.261 e. The van der Waals surface area contributed by atoms with Gasteiger partial charge in [-0.2, -0.15) is 18.4 Å². The molecule has 0 spiro atoms. The van der Waals surface area contributed by atoms with Crippen LogP contribution in [-0.4, -0.2) is 4.98 Å². The van der Waals surface area contributed by atoms with Gasteiger partial charge in [0.05, 0.1) is 17.2 Å². The zero-order valence-corrected chi connectivity index (χ0v) is 10.7. The lowest BCUT2D eigenvalue weighted by molar-refractivity contribution is -0.137. The molecule has 0 unspecified atom stereocenters. The van der Waals surface area contributed by atoms with E-state index >= 15 is 0 Å². The molecule has 2 aromatic rings. The predicted molar refractivity (Wildman–Crippen MR) is 68.8 cm³/mol. The highest BCUT2D eigenvalue weighted by molar-refractivity contribution is 5.68. The van der Waals surface area contributed by atoms with Crippen molar-refractivity contribution in [3.8, 4) is 17.2 Å². The summed E-state index contributed by atoms with van der Waals surface area (Å²) in [6.07, 6.45) is -2.80. The molecule has 0 atom stereocenters. The minimum atomic E-state index is -4.45. The molecule has 2 rings (SSSR count). The summed E-state index contributed by atoms with van der Waals surface area (Å²) in [5.74, 6) is 0. The third-order valence-corrected chi connectivity index (χ3v) is 2.93. The van der Waals surface area contributed by atoms with Crippen LogP contribution in [0.3, 0.4) is 0 Å². The fourth-order valence-electron chi connectivity index (χ4n) is 1.91. The van der Waals surface area contributed by atoms with Crippen LogP contribution in [0.2, 0.25) is 0 Å². The van der Waals surface area contributed by atoms with Gasteiger partial charge in [0.1, 0.15) is 0 Å². The Balaban J connectivity index is 2.64. The molecule has 0 aliphatic heterocycles. The molecule has 0 saturated carbocycles. The number of hydrogen-bond donors (Lipinski definition) is 0. The van der Waals surface area contributed by atoms with Crippen LogP contribution in [0.1, 0.15) is 23.7 Å². The molecule has 0 fully saturated rings. The second-order valence-electron chi connectivity index (χ2n) is 4.27. The van der Waals surface area contributed by atoms with Gasteiger partial charge < -0.3 is 0 Å². The number of aromatic nitrogens is 1. The summed E-state index contributed by atoms with van der Waals surface area (Å²) >= 11 is 0. The van der Waals surface area contributed by atoms with E-state index in [1.54, 1.807) is 25.1 Å². The molecule has 0 N–H and O–H groups in total. The molecule has 5 heteroatoms. The number of benzene rings is 1. The predicted octanol–water partition coefficient (Wildman–Crippen LogP) is 4.20. The zero-order valence-electron chi connectivity index (χ0n) is 10.7. The summed E-state index contributed by atoms with van der Waals surface area (Å²) < 4.78 is 39.4. The maximum absolute atomic E-state index is 13.1. The van der Waals surface area contributed by atoms with E-state index < -0.39 is 11.7 Å². The van der Waals surface area contributed by atoms with Gasteiger partial charge in [-0.3, -0.25) is 4.98 Å². The second-order valence-corrected chi connectivity index (χ2v) is 4.27. The summed E-state index contributed by atoms with van der Waals surface area (Å²) in [6.45, 7) is 1.75. The molecule has 1 heterocycles. The Morgan fingerprint density at radius 3 is 2.60 bits per heavy atom. The molecule has 0 saturated heterocycles. The first-order valence-corrected chi connectivity index (χ1v) is 6.02. The van der Waals surface area contributed by atoms with Crippen LogP contribution in [0.15, 0.2) is 36.5 Å². The maximum atomic E-state index is 13.1. The third-order valence-electron chi connectivity index (χ3n) is 2.93. The highest BCUT2D eigenvalue weighted by atomic mass is 19.4. The normalized spacial score (nSPS) is 11.2. The summed E-state index contributed by atoms with van der Waals surface area (Å²) in [7, 11) is 0. The van der Waals surface area contributed by atoms with E-state index in [-0.39, 0.29) is 5.56 Å². The molecule has 102 valence electrons. The van der Waals surface area contributed by atoms with Crippen molar-refractivity contribution in [2.24, 2.45) is 0 Å². The van der Waals surface area contributed by atoms with Crippen LogP contribution in [0.4, 0.5) is 13.2 Å². The zero-order chi connectivity index (χ0) is 14.8. The first-order chi connectivity index (χ1) is 9.45. The number of pyridine rings is 1. The SMILES string of the molecule is CCc1cc(C(F)(F)F)c(-c2cccc(C#N)c2)cn1. The highest BCUT2D eigenvalue weighted by Gasteiger charge is 2.34. The quantitative estimate of drug-likeness (QED) is 0.824. The van der Waals surface area contributed by atoms with Gasteiger partial charge >= 0.3 is 6.18 Å². The maximum Gasteiger partial charge on any atom is 0.417 e.